The molecule has 0 radical (unpaired) electrons. The van der Waals surface area contributed by atoms with Crippen molar-refractivity contribution >= 4 is 11.8 Å². The first-order chi connectivity index (χ1) is 6.34. The molecule has 0 aliphatic heterocycles. The minimum Gasteiger partial charge on any atom is -0.433 e. The van der Waals surface area contributed by atoms with Gasteiger partial charge in [0.15, 0.2) is 5.78 Å². The molecule has 0 rings (SSSR count). The van der Waals surface area contributed by atoms with E-state index in [1.54, 1.807) is 20.8 Å². The molecule has 0 heterocycles. The van der Waals surface area contributed by atoms with Gasteiger partial charge in [-0.3, -0.25) is 4.79 Å². The van der Waals surface area contributed by atoms with E-state index in [4.69, 9.17) is 9.47 Å². The van der Waals surface area contributed by atoms with Crippen LogP contribution in [0.15, 0.2) is 12.2 Å². The van der Waals surface area contributed by atoms with E-state index in [0.717, 1.165) is 0 Å². The molecule has 0 fully saturated rings. The zero-order valence-electron chi connectivity index (χ0n) is 8.99. The Hall–Kier alpha value is -1.16. The van der Waals surface area contributed by atoms with Crippen LogP contribution in [-0.4, -0.2) is 24.1 Å². The zero-order valence-corrected chi connectivity index (χ0v) is 8.99. The summed E-state index contributed by atoms with van der Waals surface area (Å²) in [5.74, 6) is -0.628. The number of Topliss-reactive ketones (excluding diaryl/α,β-unsaturated/α-hetero) is 1. The first-order valence-corrected chi connectivity index (χ1v) is 4.37. The maximum atomic E-state index is 11.0. The lowest BCUT2D eigenvalue weighted by Gasteiger charge is -2.17. The minimum atomic E-state index is -0.738. The highest BCUT2D eigenvalue weighted by molar-refractivity contribution is 5.87. The standard InChI is InChI=1S/C10H16O4/c1-6(2)10(12)14-9(5)13-8(4)7(3)11/h8-9H,1H2,2-5H3. The van der Waals surface area contributed by atoms with Gasteiger partial charge in [-0.15, -0.1) is 0 Å². The van der Waals surface area contributed by atoms with Crippen LogP contribution in [0.5, 0.6) is 0 Å². The largest absolute Gasteiger partial charge is 0.433 e. The first-order valence-electron chi connectivity index (χ1n) is 4.37. The molecule has 0 aromatic heterocycles. The number of ether oxygens (including phenoxy) is 2. The Balaban J connectivity index is 3.98. The number of hydrogen-bond donors (Lipinski definition) is 0. The van der Waals surface area contributed by atoms with Gasteiger partial charge in [0.1, 0.15) is 6.10 Å². The highest BCUT2D eigenvalue weighted by atomic mass is 16.7. The van der Waals surface area contributed by atoms with E-state index >= 15 is 0 Å². The molecule has 4 heteroatoms. The van der Waals surface area contributed by atoms with E-state index in [9.17, 15) is 9.59 Å². The Morgan fingerprint density at radius 2 is 1.71 bits per heavy atom. The molecule has 14 heavy (non-hydrogen) atoms. The van der Waals surface area contributed by atoms with Crippen LogP contribution in [0.25, 0.3) is 0 Å². The van der Waals surface area contributed by atoms with Crippen LogP contribution in [0.4, 0.5) is 0 Å². The lowest BCUT2D eigenvalue weighted by atomic mass is 10.3. The molecule has 0 amide bonds. The normalized spacial score (nSPS) is 14.3. The van der Waals surface area contributed by atoms with Crippen LogP contribution < -0.4 is 0 Å². The number of rotatable bonds is 5. The second-order valence-corrected chi connectivity index (χ2v) is 3.14. The fourth-order valence-electron chi connectivity index (χ4n) is 0.662. The molecule has 0 aromatic carbocycles. The first kappa shape index (κ1) is 12.8. The summed E-state index contributed by atoms with van der Waals surface area (Å²) in [4.78, 5) is 21.8. The fourth-order valence-corrected chi connectivity index (χ4v) is 0.662. The monoisotopic (exact) mass is 200 g/mol. The molecular weight excluding hydrogens is 184 g/mol. The molecule has 4 nitrogen and oxygen atoms in total. The van der Waals surface area contributed by atoms with Gasteiger partial charge < -0.3 is 9.47 Å². The predicted molar refractivity (Wildman–Crippen MR) is 51.6 cm³/mol. The van der Waals surface area contributed by atoms with Crippen LogP contribution >= 0.6 is 0 Å². The molecule has 0 aliphatic carbocycles. The number of ketones is 1. The second-order valence-electron chi connectivity index (χ2n) is 3.14. The van der Waals surface area contributed by atoms with Gasteiger partial charge in [0.2, 0.25) is 6.29 Å². The highest BCUT2D eigenvalue weighted by Crippen LogP contribution is 2.03. The molecule has 2 atom stereocenters. The third kappa shape index (κ3) is 4.77. The third-order valence-corrected chi connectivity index (χ3v) is 1.59. The van der Waals surface area contributed by atoms with Crippen LogP contribution in [0.2, 0.25) is 0 Å². The molecule has 0 saturated carbocycles. The average Bonchev–Trinajstić information content (AvgIpc) is 2.03. The number of carbonyl (C=O) groups excluding carboxylic acids is 2. The van der Waals surface area contributed by atoms with Crippen LogP contribution in [0.3, 0.4) is 0 Å². The summed E-state index contributed by atoms with van der Waals surface area (Å²) in [7, 11) is 0. The van der Waals surface area contributed by atoms with Gasteiger partial charge in [0, 0.05) is 5.57 Å². The summed E-state index contributed by atoms with van der Waals surface area (Å²) in [6.45, 7) is 9.55. The Kier molecular flexibility index (Phi) is 5.09. The summed E-state index contributed by atoms with van der Waals surface area (Å²) >= 11 is 0. The van der Waals surface area contributed by atoms with Gasteiger partial charge in [-0.05, 0) is 27.7 Å². The summed E-state index contributed by atoms with van der Waals surface area (Å²) in [5, 5.41) is 0. The van der Waals surface area contributed by atoms with Crippen molar-refractivity contribution in [1.29, 1.82) is 0 Å². The number of esters is 1. The van der Waals surface area contributed by atoms with E-state index in [1.165, 1.54) is 6.92 Å². The van der Waals surface area contributed by atoms with Crippen LogP contribution in [0.1, 0.15) is 27.7 Å². The molecule has 0 bridgehead atoms. The average molecular weight is 200 g/mol. The van der Waals surface area contributed by atoms with Gasteiger partial charge >= 0.3 is 5.97 Å². The van der Waals surface area contributed by atoms with Crippen molar-refractivity contribution in [3.63, 3.8) is 0 Å². The quantitative estimate of drug-likeness (QED) is 0.383. The molecule has 2 unspecified atom stereocenters. The Morgan fingerprint density at radius 1 is 1.21 bits per heavy atom. The van der Waals surface area contributed by atoms with Crippen molar-refractivity contribution < 1.29 is 19.1 Å². The van der Waals surface area contributed by atoms with Gasteiger partial charge in [0.25, 0.3) is 0 Å². The predicted octanol–water partition coefficient (Wildman–Crippen LogP) is 1.45. The Morgan fingerprint density at radius 3 is 2.07 bits per heavy atom. The summed E-state index contributed by atoms with van der Waals surface area (Å²) in [5.41, 5.74) is 0.302. The van der Waals surface area contributed by atoms with Gasteiger partial charge in [0.05, 0.1) is 0 Å². The molecular formula is C10H16O4. The van der Waals surface area contributed by atoms with Crippen molar-refractivity contribution in [2.45, 2.75) is 40.1 Å². The fraction of sp³-hybridized carbons (Fsp3) is 0.600. The number of hydrogen-bond acceptors (Lipinski definition) is 4. The second kappa shape index (κ2) is 5.54. The molecule has 0 saturated heterocycles. The molecule has 0 aliphatic rings. The van der Waals surface area contributed by atoms with Crippen molar-refractivity contribution in [2.24, 2.45) is 0 Å². The highest BCUT2D eigenvalue weighted by Gasteiger charge is 2.15. The van der Waals surface area contributed by atoms with Gasteiger partial charge in [-0.25, -0.2) is 4.79 Å². The van der Waals surface area contributed by atoms with Crippen LogP contribution in [-0.2, 0) is 19.1 Å². The van der Waals surface area contributed by atoms with E-state index in [-0.39, 0.29) is 5.78 Å². The molecule has 0 aromatic rings. The summed E-state index contributed by atoms with van der Waals surface area (Å²) < 4.78 is 9.92. The van der Waals surface area contributed by atoms with E-state index in [0.29, 0.717) is 5.57 Å². The van der Waals surface area contributed by atoms with Crippen molar-refractivity contribution in [3.05, 3.63) is 12.2 Å². The Bertz CT molecular complexity index is 245. The van der Waals surface area contributed by atoms with Gasteiger partial charge in [-0.1, -0.05) is 6.58 Å². The third-order valence-electron chi connectivity index (χ3n) is 1.59. The SMILES string of the molecule is C=C(C)C(=O)OC(C)OC(C)C(C)=O. The van der Waals surface area contributed by atoms with Crippen molar-refractivity contribution in [1.82, 2.24) is 0 Å². The summed E-state index contributed by atoms with van der Waals surface area (Å²) in [6, 6.07) is 0. The zero-order chi connectivity index (χ0) is 11.3. The molecule has 80 valence electrons. The van der Waals surface area contributed by atoms with Gasteiger partial charge in [-0.2, -0.15) is 0 Å². The molecule has 0 spiro atoms. The van der Waals surface area contributed by atoms with E-state index < -0.39 is 18.4 Å². The number of carbonyl (C=O) groups is 2. The van der Waals surface area contributed by atoms with Crippen molar-refractivity contribution in [2.75, 3.05) is 0 Å². The topological polar surface area (TPSA) is 52.6 Å². The van der Waals surface area contributed by atoms with Crippen molar-refractivity contribution in [3.8, 4) is 0 Å². The minimum absolute atomic E-state index is 0.108. The maximum absolute atomic E-state index is 11.0. The smallest absolute Gasteiger partial charge is 0.335 e. The summed E-state index contributed by atoms with van der Waals surface area (Å²) in [6.07, 6.45) is -1.30. The van der Waals surface area contributed by atoms with E-state index in [1.807, 2.05) is 0 Å². The van der Waals surface area contributed by atoms with Crippen LogP contribution in [0, 0.1) is 0 Å². The Labute approximate surface area is 83.9 Å². The lowest BCUT2D eigenvalue weighted by Crippen LogP contribution is -2.27. The van der Waals surface area contributed by atoms with E-state index in [2.05, 4.69) is 6.58 Å². The maximum Gasteiger partial charge on any atom is 0.335 e. The lowest BCUT2D eigenvalue weighted by molar-refractivity contribution is -0.181. The molecule has 0 N–H and O–H groups in total.